The number of methoxy groups -OCH3 is 1. The summed E-state index contributed by atoms with van der Waals surface area (Å²) < 4.78 is 5.21. The number of phenolic OH excluding ortho intramolecular Hbond substituents is 3. The summed E-state index contributed by atoms with van der Waals surface area (Å²) in [5.74, 6) is -0.716. The highest BCUT2D eigenvalue weighted by molar-refractivity contribution is 6.05. The van der Waals surface area contributed by atoms with Crippen LogP contribution in [0.5, 0.6) is 23.0 Å². The molecular weight excluding hydrogens is 314 g/mol. The van der Waals surface area contributed by atoms with Gasteiger partial charge >= 0.3 is 0 Å². The quantitative estimate of drug-likeness (QED) is 0.385. The first-order valence-corrected chi connectivity index (χ1v) is 6.94. The first kappa shape index (κ1) is 15.4. The molecule has 122 valence electrons. The van der Waals surface area contributed by atoms with Crippen LogP contribution in [0, 0.1) is 10.1 Å². The van der Waals surface area contributed by atoms with Gasteiger partial charge in [0.25, 0.3) is 5.69 Å². The number of rotatable bonds is 3. The second-order valence-electron chi connectivity index (χ2n) is 5.11. The summed E-state index contributed by atoms with van der Waals surface area (Å²) >= 11 is 0. The first-order chi connectivity index (χ1) is 11.5. The van der Waals surface area contributed by atoms with E-state index in [-0.39, 0.29) is 45.0 Å². The molecule has 0 aliphatic heterocycles. The number of nitro benzene ring substituents is 1. The third-order valence-corrected chi connectivity index (χ3v) is 3.78. The van der Waals surface area contributed by atoms with E-state index in [4.69, 9.17) is 4.74 Å². The van der Waals surface area contributed by atoms with Gasteiger partial charge in [0.1, 0.15) is 11.5 Å². The predicted molar refractivity (Wildman–Crippen MR) is 87.6 cm³/mol. The van der Waals surface area contributed by atoms with Crippen LogP contribution in [0.25, 0.3) is 21.9 Å². The number of ether oxygens (including phenoxy) is 1. The summed E-state index contributed by atoms with van der Waals surface area (Å²) in [5, 5.41) is 42.1. The van der Waals surface area contributed by atoms with Crippen LogP contribution in [0.4, 0.5) is 5.69 Å². The minimum atomic E-state index is -0.537. The Hall–Kier alpha value is -3.48. The number of benzene rings is 3. The Morgan fingerprint density at radius 2 is 1.67 bits per heavy atom. The zero-order valence-corrected chi connectivity index (χ0v) is 12.6. The normalized spacial score (nSPS) is 10.7. The van der Waals surface area contributed by atoms with Crippen molar-refractivity contribution in [3.63, 3.8) is 0 Å². The fraction of sp³-hybridized carbons (Fsp3) is 0.0588. The summed E-state index contributed by atoms with van der Waals surface area (Å²) in [6.07, 6.45) is 0. The summed E-state index contributed by atoms with van der Waals surface area (Å²) in [7, 11) is 1.33. The summed E-state index contributed by atoms with van der Waals surface area (Å²) in [4.78, 5) is 10.2. The van der Waals surface area contributed by atoms with Gasteiger partial charge in [0.15, 0.2) is 11.5 Å². The Morgan fingerprint density at radius 1 is 1.00 bits per heavy atom. The van der Waals surface area contributed by atoms with E-state index >= 15 is 0 Å². The molecule has 0 saturated heterocycles. The van der Waals surface area contributed by atoms with E-state index in [1.54, 1.807) is 0 Å². The minimum absolute atomic E-state index is 0.0134. The van der Waals surface area contributed by atoms with E-state index in [0.29, 0.717) is 5.56 Å². The van der Waals surface area contributed by atoms with Crippen molar-refractivity contribution in [1.82, 2.24) is 0 Å². The van der Waals surface area contributed by atoms with Gasteiger partial charge in [-0.2, -0.15) is 0 Å². The van der Waals surface area contributed by atoms with Crippen LogP contribution in [0.3, 0.4) is 0 Å². The predicted octanol–water partition coefficient (Wildman–Crippen LogP) is 3.54. The maximum Gasteiger partial charge on any atom is 0.269 e. The van der Waals surface area contributed by atoms with Crippen LogP contribution in [-0.4, -0.2) is 27.4 Å². The smallest absolute Gasteiger partial charge is 0.269 e. The van der Waals surface area contributed by atoms with E-state index in [0.717, 1.165) is 0 Å². The lowest BCUT2D eigenvalue weighted by Gasteiger charge is -2.16. The second kappa shape index (κ2) is 5.62. The van der Waals surface area contributed by atoms with Crippen molar-refractivity contribution in [2.24, 2.45) is 0 Å². The third kappa shape index (κ3) is 2.23. The number of phenols is 3. The van der Waals surface area contributed by atoms with Crippen molar-refractivity contribution >= 4 is 16.5 Å². The molecule has 7 heteroatoms. The maximum absolute atomic E-state index is 10.8. The van der Waals surface area contributed by atoms with Crippen molar-refractivity contribution in [3.05, 3.63) is 52.6 Å². The number of fused-ring (bicyclic) bond motifs is 1. The molecule has 3 aromatic rings. The van der Waals surface area contributed by atoms with Gasteiger partial charge in [-0.1, -0.05) is 12.1 Å². The van der Waals surface area contributed by atoms with Gasteiger partial charge in [-0.15, -0.1) is 0 Å². The molecule has 0 fully saturated rings. The van der Waals surface area contributed by atoms with E-state index < -0.39 is 4.92 Å². The lowest BCUT2D eigenvalue weighted by atomic mass is 9.96. The molecule has 0 aliphatic rings. The molecule has 0 aromatic heterocycles. The van der Waals surface area contributed by atoms with E-state index in [2.05, 4.69) is 0 Å². The molecule has 7 nitrogen and oxygen atoms in total. The van der Waals surface area contributed by atoms with E-state index in [1.165, 1.54) is 49.6 Å². The SMILES string of the molecule is COc1c(-c2ccc([N+](=O)[O-])cc2)c(O)c2c(O)cccc2c1O. The van der Waals surface area contributed by atoms with Gasteiger partial charge < -0.3 is 20.1 Å². The highest BCUT2D eigenvalue weighted by Crippen LogP contribution is 2.51. The molecule has 3 N–H and O–H groups in total. The molecule has 3 rings (SSSR count). The molecule has 3 aromatic carbocycles. The fourth-order valence-electron chi connectivity index (χ4n) is 2.68. The monoisotopic (exact) mass is 327 g/mol. The van der Waals surface area contributed by atoms with Crippen molar-refractivity contribution in [2.45, 2.75) is 0 Å². The number of nitro groups is 1. The van der Waals surface area contributed by atoms with E-state index in [1.807, 2.05) is 0 Å². The van der Waals surface area contributed by atoms with Crippen LogP contribution in [-0.2, 0) is 0 Å². The summed E-state index contributed by atoms with van der Waals surface area (Å²) in [6.45, 7) is 0. The van der Waals surface area contributed by atoms with Crippen LogP contribution < -0.4 is 4.74 Å². The van der Waals surface area contributed by atoms with Gasteiger partial charge in [-0.25, -0.2) is 0 Å². The molecule has 0 bridgehead atoms. The highest BCUT2D eigenvalue weighted by atomic mass is 16.6. The van der Waals surface area contributed by atoms with Crippen molar-refractivity contribution < 1.29 is 25.0 Å². The van der Waals surface area contributed by atoms with Gasteiger partial charge in [-0.05, 0) is 23.8 Å². The van der Waals surface area contributed by atoms with Crippen molar-refractivity contribution in [3.8, 4) is 34.1 Å². The Bertz CT molecular complexity index is 950. The standard InChI is InChI=1S/C17H13NO6/c1-24-17-13(9-5-7-10(8-6-9)18(22)23)16(21)14-11(15(17)20)3-2-4-12(14)19/h2-8,19-21H,1H3. The molecular formula is C17H13NO6. The van der Waals surface area contributed by atoms with Crippen LogP contribution in [0.2, 0.25) is 0 Å². The van der Waals surface area contributed by atoms with Gasteiger partial charge in [-0.3, -0.25) is 10.1 Å². The second-order valence-corrected chi connectivity index (χ2v) is 5.11. The maximum atomic E-state index is 10.8. The zero-order valence-electron chi connectivity index (χ0n) is 12.6. The molecule has 0 saturated carbocycles. The molecule has 0 aliphatic carbocycles. The lowest BCUT2D eigenvalue weighted by Crippen LogP contribution is -1.93. The van der Waals surface area contributed by atoms with Gasteiger partial charge in [0.05, 0.1) is 23.0 Å². The lowest BCUT2D eigenvalue weighted by molar-refractivity contribution is -0.384. The number of hydrogen-bond acceptors (Lipinski definition) is 6. The number of hydrogen-bond donors (Lipinski definition) is 3. The molecule has 0 unspecified atom stereocenters. The molecule has 0 spiro atoms. The molecule has 24 heavy (non-hydrogen) atoms. The fourth-order valence-corrected chi connectivity index (χ4v) is 2.68. The number of aromatic hydroxyl groups is 3. The van der Waals surface area contributed by atoms with Gasteiger partial charge in [0, 0.05) is 17.5 Å². The molecule has 0 amide bonds. The largest absolute Gasteiger partial charge is 0.507 e. The zero-order chi connectivity index (χ0) is 17.4. The Balaban J connectivity index is 2.36. The van der Waals surface area contributed by atoms with Crippen molar-refractivity contribution in [1.29, 1.82) is 0 Å². The van der Waals surface area contributed by atoms with Crippen molar-refractivity contribution in [2.75, 3.05) is 7.11 Å². The first-order valence-electron chi connectivity index (χ1n) is 6.94. The molecule has 0 atom stereocenters. The Morgan fingerprint density at radius 3 is 2.25 bits per heavy atom. The third-order valence-electron chi connectivity index (χ3n) is 3.78. The van der Waals surface area contributed by atoms with Crippen LogP contribution >= 0.6 is 0 Å². The van der Waals surface area contributed by atoms with E-state index in [9.17, 15) is 25.4 Å². The average Bonchev–Trinajstić information content (AvgIpc) is 2.57. The number of nitrogens with zero attached hydrogens (tertiary/aromatic N) is 1. The topological polar surface area (TPSA) is 113 Å². The Labute approximate surface area is 136 Å². The Kier molecular flexibility index (Phi) is 3.61. The number of non-ortho nitro benzene ring substituents is 1. The summed E-state index contributed by atoms with van der Waals surface area (Å²) in [6, 6.07) is 9.87. The summed E-state index contributed by atoms with van der Waals surface area (Å²) in [5.41, 5.74) is 0.430. The molecule has 0 radical (unpaired) electrons. The highest BCUT2D eigenvalue weighted by Gasteiger charge is 2.23. The van der Waals surface area contributed by atoms with Crippen LogP contribution in [0.1, 0.15) is 0 Å². The minimum Gasteiger partial charge on any atom is -0.507 e. The van der Waals surface area contributed by atoms with Gasteiger partial charge in [0.2, 0.25) is 0 Å². The van der Waals surface area contributed by atoms with Crippen LogP contribution in [0.15, 0.2) is 42.5 Å². The average molecular weight is 327 g/mol. The molecule has 0 heterocycles.